The number of fused-ring (bicyclic) bond motifs is 1. The summed E-state index contributed by atoms with van der Waals surface area (Å²) in [6.45, 7) is 2.10. The first-order chi connectivity index (χ1) is 10.8. The van der Waals surface area contributed by atoms with Gasteiger partial charge in [0.25, 0.3) is 5.78 Å². The Kier molecular flexibility index (Phi) is 3.85. The van der Waals surface area contributed by atoms with Gasteiger partial charge in [-0.3, -0.25) is 0 Å². The van der Waals surface area contributed by atoms with Crippen LogP contribution in [0.5, 0.6) is 0 Å². The summed E-state index contributed by atoms with van der Waals surface area (Å²) in [5, 5.41) is 6.81. The lowest BCUT2D eigenvalue weighted by Crippen LogP contribution is -2.09. The fourth-order valence-electron chi connectivity index (χ4n) is 2.15. The molecule has 1 aromatic carbocycles. The number of aromatic nitrogens is 4. The SMILES string of the molecule is Cc1cc(NCc2ccc(C(F)(F)F)c(Cl)c2)n2ncnc2n1. The molecule has 0 amide bonds. The van der Waals surface area contributed by atoms with Crippen LogP contribution in [0.15, 0.2) is 30.6 Å². The third-order valence-electron chi connectivity index (χ3n) is 3.19. The number of aryl methyl sites for hydroxylation is 1. The number of hydrogen-bond acceptors (Lipinski definition) is 4. The maximum absolute atomic E-state index is 12.7. The smallest absolute Gasteiger partial charge is 0.366 e. The average Bonchev–Trinajstić information content (AvgIpc) is 2.91. The van der Waals surface area contributed by atoms with E-state index < -0.39 is 11.7 Å². The van der Waals surface area contributed by atoms with Crippen LogP contribution in [0.2, 0.25) is 5.02 Å². The molecule has 0 spiro atoms. The van der Waals surface area contributed by atoms with Crippen molar-refractivity contribution in [3.8, 4) is 0 Å². The molecule has 23 heavy (non-hydrogen) atoms. The van der Waals surface area contributed by atoms with Gasteiger partial charge in [0.15, 0.2) is 0 Å². The van der Waals surface area contributed by atoms with Crippen molar-refractivity contribution in [2.75, 3.05) is 5.32 Å². The van der Waals surface area contributed by atoms with Crippen LogP contribution in [0.25, 0.3) is 5.78 Å². The quantitative estimate of drug-likeness (QED) is 0.789. The van der Waals surface area contributed by atoms with E-state index >= 15 is 0 Å². The van der Waals surface area contributed by atoms with Crippen molar-refractivity contribution in [2.24, 2.45) is 0 Å². The number of rotatable bonds is 3. The van der Waals surface area contributed by atoms with E-state index in [-0.39, 0.29) is 11.6 Å². The van der Waals surface area contributed by atoms with Gasteiger partial charge >= 0.3 is 6.18 Å². The van der Waals surface area contributed by atoms with Crippen LogP contribution in [-0.4, -0.2) is 19.6 Å². The van der Waals surface area contributed by atoms with E-state index in [0.29, 0.717) is 17.2 Å². The van der Waals surface area contributed by atoms with Gasteiger partial charge < -0.3 is 5.32 Å². The second-order valence-corrected chi connectivity index (χ2v) is 5.33. The molecule has 0 fully saturated rings. The summed E-state index contributed by atoms with van der Waals surface area (Å²) in [6.07, 6.45) is -3.08. The van der Waals surface area contributed by atoms with Crippen molar-refractivity contribution in [2.45, 2.75) is 19.6 Å². The molecule has 3 aromatic rings. The third kappa shape index (κ3) is 3.21. The van der Waals surface area contributed by atoms with Crippen molar-refractivity contribution < 1.29 is 13.2 Å². The van der Waals surface area contributed by atoms with E-state index in [2.05, 4.69) is 20.4 Å². The summed E-state index contributed by atoms with van der Waals surface area (Å²) in [7, 11) is 0. The van der Waals surface area contributed by atoms with E-state index in [0.717, 1.165) is 11.8 Å². The number of hydrogen-bond donors (Lipinski definition) is 1. The lowest BCUT2D eigenvalue weighted by Gasteiger charge is -2.12. The molecule has 0 aliphatic carbocycles. The highest BCUT2D eigenvalue weighted by atomic mass is 35.5. The van der Waals surface area contributed by atoms with Gasteiger partial charge in [-0.2, -0.15) is 27.8 Å². The molecular weight excluding hydrogens is 331 g/mol. The first kappa shape index (κ1) is 15.5. The molecular formula is C14H11ClF3N5. The van der Waals surface area contributed by atoms with Gasteiger partial charge in [-0.15, -0.1) is 0 Å². The van der Waals surface area contributed by atoms with Crippen LogP contribution in [0, 0.1) is 6.92 Å². The predicted molar refractivity (Wildman–Crippen MR) is 79.3 cm³/mol. The molecule has 0 radical (unpaired) electrons. The Hall–Kier alpha value is -2.35. The molecule has 0 saturated carbocycles. The van der Waals surface area contributed by atoms with Gasteiger partial charge in [0.05, 0.1) is 10.6 Å². The lowest BCUT2D eigenvalue weighted by molar-refractivity contribution is -0.137. The molecule has 2 heterocycles. The van der Waals surface area contributed by atoms with Gasteiger partial charge in [-0.05, 0) is 24.6 Å². The minimum atomic E-state index is -4.46. The second-order valence-electron chi connectivity index (χ2n) is 4.92. The van der Waals surface area contributed by atoms with E-state index in [1.807, 2.05) is 6.92 Å². The maximum Gasteiger partial charge on any atom is 0.417 e. The molecule has 120 valence electrons. The Morgan fingerprint density at radius 1 is 1.26 bits per heavy atom. The zero-order valence-electron chi connectivity index (χ0n) is 11.9. The van der Waals surface area contributed by atoms with Crippen LogP contribution in [0.4, 0.5) is 19.0 Å². The monoisotopic (exact) mass is 341 g/mol. The first-order valence-corrected chi connectivity index (χ1v) is 6.99. The highest BCUT2D eigenvalue weighted by Gasteiger charge is 2.32. The number of alkyl halides is 3. The first-order valence-electron chi connectivity index (χ1n) is 6.61. The summed E-state index contributed by atoms with van der Waals surface area (Å²) in [5.74, 6) is 1.08. The molecule has 0 atom stereocenters. The van der Waals surface area contributed by atoms with Gasteiger partial charge in [0.1, 0.15) is 12.1 Å². The molecule has 0 aliphatic heterocycles. The van der Waals surface area contributed by atoms with Crippen LogP contribution >= 0.6 is 11.6 Å². The minimum absolute atomic E-state index is 0.288. The molecule has 3 rings (SSSR count). The Morgan fingerprint density at radius 3 is 2.74 bits per heavy atom. The molecule has 1 N–H and O–H groups in total. The summed E-state index contributed by atoms with van der Waals surface area (Å²) in [6, 6.07) is 5.42. The fraction of sp³-hybridized carbons (Fsp3) is 0.214. The van der Waals surface area contributed by atoms with E-state index in [4.69, 9.17) is 11.6 Å². The van der Waals surface area contributed by atoms with Crippen LogP contribution in [0.1, 0.15) is 16.8 Å². The second kappa shape index (κ2) is 5.69. The van der Waals surface area contributed by atoms with Gasteiger partial charge in [-0.1, -0.05) is 17.7 Å². The minimum Gasteiger partial charge on any atom is -0.366 e. The van der Waals surface area contributed by atoms with E-state index in [1.54, 1.807) is 6.07 Å². The Bertz CT molecular complexity index is 859. The number of anilines is 1. The Labute approximate surface area is 134 Å². The Balaban J connectivity index is 1.83. The molecule has 0 saturated heterocycles. The van der Waals surface area contributed by atoms with Crippen molar-refractivity contribution in [3.63, 3.8) is 0 Å². The number of nitrogens with one attached hydrogen (secondary N) is 1. The van der Waals surface area contributed by atoms with Crippen molar-refractivity contribution in [3.05, 3.63) is 52.4 Å². The standard InChI is InChI=1S/C14H11ClF3N5/c1-8-4-12(23-13(22-8)20-7-21-23)19-6-9-2-3-10(11(15)5-9)14(16,17)18/h2-5,7,19H,6H2,1H3. The summed E-state index contributed by atoms with van der Waals surface area (Å²) in [4.78, 5) is 8.21. The normalized spacial score (nSPS) is 11.9. The molecule has 5 nitrogen and oxygen atoms in total. The largest absolute Gasteiger partial charge is 0.417 e. The molecule has 9 heteroatoms. The van der Waals surface area contributed by atoms with Crippen molar-refractivity contribution in [1.82, 2.24) is 19.6 Å². The van der Waals surface area contributed by atoms with E-state index in [1.165, 1.54) is 23.0 Å². The predicted octanol–water partition coefficient (Wildman–Crippen LogP) is 3.72. The highest BCUT2D eigenvalue weighted by molar-refractivity contribution is 6.31. The maximum atomic E-state index is 12.7. The number of halogens is 4. The molecule has 0 unspecified atom stereocenters. The van der Waals surface area contributed by atoms with Crippen LogP contribution in [0.3, 0.4) is 0 Å². The van der Waals surface area contributed by atoms with Gasteiger partial charge in [-0.25, -0.2) is 4.98 Å². The summed E-state index contributed by atoms with van der Waals surface area (Å²) in [5.41, 5.74) is 0.519. The van der Waals surface area contributed by atoms with Crippen molar-refractivity contribution in [1.29, 1.82) is 0 Å². The lowest BCUT2D eigenvalue weighted by atomic mass is 10.1. The number of nitrogens with zero attached hydrogens (tertiary/aromatic N) is 4. The van der Waals surface area contributed by atoms with Gasteiger partial charge in [0.2, 0.25) is 0 Å². The summed E-state index contributed by atoms with van der Waals surface area (Å²) < 4.78 is 39.6. The van der Waals surface area contributed by atoms with E-state index in [9.17, 15) is 13.2 Å². The van der Waals surface area contributed by atoms with Gasteiger partial charge in [0, 0.05) is 18.3 Å². The molecule has 0 bridgehead atoms. The van der Waals surface area contributed by atoms with Crippen LogP contribution < -0.4 is 5.32 Å². The number of benzene rings is 1. The van der Waals surface area contributed by atoms with Crippen molar-refractivity contribution >= 4 is 23.2 Å². The highest BCUT2D eigenvalue weighted by Crippen LogP contribution is 2.35. The zero-order chi connectivity index (χ0) is 16.6. The fourth-order valence-corrected chi connectivity index (χ4v) is 2.46. The molecule has 2 aromatic heterocycles. The molecule has 0 aliphatic rings. The third-order valence-corrected chi connectivity index (χ3v) is 3.51. The summed E-state index contributed by atoms with van der Waals surface area (Å²) >= 11 is 5.71. The average molecular weight is 342 g/mol. The topological polar surface area (TPSA) is 55.1 Å². The Morgan fingerprint density at radius 2 is 2.04 bits per heavy atom. The van der Waals surface area contributed by atoms with Crippen LogP contribution in [-0.2, 0) is 12.7 Å². The zero-order valence-corrected chi connectivity index (χ0v) is 12.7.